The monoisotopic (exact) mass is 398 g/mol. The summed E-state index contributed by atoms with van der Waals surface area (Å²) in [6.07, 6.45) is -7.02. The van der Waals surface area contributed by atoms with Gasteiger partial charge < -0.3 is 5.32 Å². The molecule has 0 unspecified atom stereocenters. The van der Waals surface area contributed by atoms with E-state index in [4.69, 9.17) is 5.26 Å². The van der Waals surface area contributed by atoms with Crippen molar-refractivity contribution in [2.45, 2.75) is 37.8 Å². The second-order valence-corrected chi connectivity index (χ2v) is 6.00. The Morgan fingerprint density at radius 3 is 1.88 bits per heavy atom. The standard InChI is InChI=1S/C12H7F9N2OS/c1-4-5(2)25-7(6(4)3-22)23-8(24)9(13,14)10(15,16)11(17,18)12(19,20)21/h1-2H3,(H,23,24). The summed E-state index contributed by atoms with van der Waals surface area (Å²) in [4.78, 5) is 11.6. The summed E-state index contributed by atoms with van der Waals surface area (Å²) in [5.74, 6) is -23.7. The Morgan fingerprint density at radius 2 is 1.48 bits per heavy atom. The maximum absolute atomic E-state index is 13.4. The molecule has 1 N–H and O–H groups in total. The Hall–Kier alpha value is -1.97. The minimum absolute atomic E-state index is 0.193. The van der Waals surface area contributed by atoms with Gasteiger partial charge in [-0.15, -0.1) is 11.3 Å². The van der Waals surface area contributed by atoms with Gasteiger partial charge >= 0.3 is 29.9 Å². The first kappa shape index (κ1) is 21.1. The van der Waals surface area contributed by atoms with E-state index in [1.54, 1.807) is 0 Å². The van der Waals surface area contributed by atoms with Gasteiger partial charge in [0.25, 0.3) is 0 Å². The topological polar surface area (TPSA) is 52.9 Å². The summed E-state index contributed by atoms with van der Waals surface area (Å²) in [7, 11) is 0. The molecule has 0 aliphatic heterocycles. The number of alkyl halides is 9. The number of thiophene rings is 1. The van der Waals surface area contributed by atoms with Gasteiger partial charge in [-0.05, 0) is 19.4 Å². The Labute approximate surface area is 138 Å². The summed E-state index contributed by atoms with van der Waals surface area (Å²) in [6.45, 7) is 2.70. The van der Waals surface area contributed by atoms with Crippen LogP contribution in [0.1, 0.15) is 16.0 Å². The highest BCUT2D eigenvalue weighted by Gasteiger charge is 2.83. The van der Waals surface area contributed by atoms with Gasteiger partial charge in [-0.25, -0.2) is 0 Å². The van der Waals surface area contributed by atoms with Crippen LogP contribution in [0.15, 0.2) is 0 Å². The van der Waals surface area contributed by atoms with Crippen LogP contribution in [0.5, 0.6) is 0 Å². The molecule has 0 aliphatic carbocycles. The smallest absolute Gasteiger partial charge is 0.311 e. The number of anilines is 1. The third-order valence-electron chi connectivity index (χ3n) is 3.15. The molecule has 3 nitrogen and oxygen atoms in total. The van der Waals surface area contributed by atoms with Crippen LogP contribution in [-0.2, 0) is 4.79 Å². The van der Waals surface area contributed by atoms with Crippen LogP contribution in [0.2, 0.25) is 0 Å². The van der Waals surface area contributed by atoms with Gasteiger partial charge in [-0.1, -0.05) is 0 Å². The molecule has 0 radical (unpaired) electrons. The largest absolute Gasteiger partial charge is 0.460 e. The SMILES string of the molecule is Cc1sc(NC(=O)C(F)(F)C(F)(F)C(F)(F)C(F)(F)F)c(C#N)c1C. The van der Waals surface area contributed by atoms with Gasteiger partial charge in [0.2, 0.25) is 0 Å². The van der Waals surface area contributed by atoms with Crippen LogP contribution in [0.4, 0.5) is 44.5 Å². The van der Waals surface area contributed by atoms with Crippen LogP contribution in [0.3, 0.4) is 0 Å². The van der Waals surface area contributed by atoms with E-state index >= 15 is 0 Å². The molecule has 25 heavy (non-hydrogen) atoms. The highest BCUT2D eigenvalue weighted by Crippen LogP contribution is 2.53. The van der Waals surface area contributed by atoms with Gasteiger partial charge in [-0.2, -0.15) is 44.8 Å². The molecule has 0 spiro atoms. The van der Waals surface area contributed by atoms with Gasteiger partial charge in [0.05, 0.1) is 5.56 Å². The molecule has 1 amide bonds. The Morgan fingerprint density at radius 1 is 1.00 bits per heavy atom. The van der Waals surface area contributed by atoms with Crippen molar-refractivity contribution < 1.29 is 44.3 Å². The van der Waals surface area contributed by atoms with E-state index in [2.05, 4.69) is 0 Å². The van der Waals surface area contributed by atoms with E-state index < -0.39 is 40.4 Å². The number of nitriles is 1. The molecule has 0 atom stereocenters. The molecule has 0 bridgehead atoms. The normalized spacial score (nSPS) is 13.5. The summed E-state index contributed by atoms with van der Waals surface area (Å²) in [6, 6.07) is 1.47. The average molecular weight is 398 g/mol. The first-order valence-corrected chi connectivity index (χ1v) is 6.85. The Bertz CT molecular complexity index is 730. The zero-order chi connectivity index (χ0) is 20.0. The van der Waals surface area contributed by atoms with Gasteiger partial charge in [0.15, 0.2) is 0 Å². The lowest BCUT2D eigenvalue weighted by molar-refractivity contribution is -0.388. The summed E-state index contributed by atoms with van der Waals surface area (Å²) < 4.78 is 115. The second kappa shape index (κ2) is 6.08. The molecular formula is C12H7F9N2OS. The fourth-order valence-electron chi connectivity index (χ4n) is 1.55. The lowest BCUT2D eigenvalue weighted by atomic mass is 10.0. The van der Waals surface area contributed by atoms with Crippen molar-refractivity contribution in [3.63, 3.8) is 0 Å². The number of halogens is 9. The van der Waals surface area contributed by atoms with E-state index in [1.165, 1.54) is 19.9 Å². The van der Waals surface area contributed by atoms with E-state index in [-0.39, 0.29) is 5.56 Å². The predicted molar refractivity (Wildman–Crippen MR) is 68.0 cm³/mol. The zero-order valence-electron chi connectivity index (χ0n) is 12.2. The van der Waals surface area contributed by atoms with Gasteiger partial charge in [0, 0.05) is 4.88 Å². The Kier molecular flexibility index (Phi) is 5.13. The number of hydrogen-bond donors (Lipinski definition) is 1. The van der Waals surface area contributed by atoms with Crippen molar-refractivity contribution in [1.29, 1.82) is 5.26 Å². The van der Waals surface area contributed by atoms with E-state index in [0.717, 1.165) is 5.32 Å². The van der Waals surface area contributed by atoms with Crippen molar-refractivity contribution in [1.82, 2.24) is 0 Å². The second-order valence-electron chi connectivity index (χ2n) is 4.77. The Balaban J connectivity index is 3.29. The predicted octanol–water partition coefficient (Wildman–Crippen LogP) is 4.64. The van der Waals surface area contributed by atoms with Crippen LogP contribution < -0.4 is 5.32 Å². The van der Waals surface area contributed by atoms with Crippen molar-refractivity contribution in [2.75, 3.05) is 5.32 Å². The summed E-state index contributed by atoms with van der Waals surface area (Å²) >= 11 is 0.491. The number of amides is 1. The molecule has 0 saturated carbocycles. The van der Waals surface area contributed by atoms with Gasteiger partial charge in [0.1, 0.15) is 11.1 Å². The van der Waals surface area contributed by atoms with Crippen molar-refractivity contribution in [3.05, 3.63) is 16.0 Å². The lowest BCUT2D eigenvalue weighted by Gasteiger charge is -2.32. The summed E-state index contributed by atoms with van der Waals surface area (Å²) in [5, 5.41) is 9.27. The van der Waals surface area contributed by atoms with Crippen LogP contribution in [0.25, 0.3) is 0 Å². The van der Waals surface area contributed by atoms with Gasteiger partial charge in [-0.3, -0.25) is 4.79 Å². The molecule has 0 saturated heterocycles. The third kappa shape index (κ3) is 3.14. The van der Waals surface area contributed by atoms with Crippen LogP contribution in [0, 0.1) is 25.2 Å². The van der Waals surface area contributed by atoms with E-state index in [9.17, 15) is 44.3 Å². The molecule has 0 aromatic carbocycles. The minimum atomic E-state index is -7.17. The van der Waals surface area contributed by atoms with E-state index in [0.29, 0.717) is 16.2 Å². The zero-order valence-corrected chi connectivity index (χ0v) is 13.0. The summed E-state index contributed by atoms with van der Waals surface area (Å²) in [5.41, 5.74) is -0.212. The molecule has 13 heteroatoms. The highest BCUT2D eigenvalue weighted by atomic mass is 32.1. The first-order chi connectivity index (χ1) is 11.0. The molecular weight excluding hydrogens is 391 g/mol. The number of carbonyl (C=O) groups is 1. The number of carbonyl (C=O) groups excluding carboxylic acids is 1. The number of hydrogen-bond acceptors (Lipinski definition) is 3. The lowest BCUT2D eigenvalue weighted by Crippen LogP contribution is -2.64. The fraction of sp³-hybridized carbons (Fsp3) is 0.500. The quantitative estimate of drug-likeness (QED) is 0.752. The average Bonchev–Trinajstić information content (AvgIpc) is 2.71. The first-order valence-electron chi connectivity index (χ1n) is 6.04. The minimum Gasteiger partial charge on any atom is -0.311 e. The molecule has 0 aliphatic rings. The molecule has 1 rings (SSSR count). The number of nitrogens with zero attached hydrogens (tertiary/aromatic N) is 1. The number of nitrogens with one attached hydrogen (secondary N) is 1. The van der Waals surface area contributed by atoms with Crippen molar-refractivity contribution >= 4 is 22.2 Å². The van der Waals surface area contributed by atoms with E-state index in [1.807, 2.05) is 0 Å². The van der Waals surface area contributed by atoms with Crippen LogP contribution >= 0.6 is 11.3 Å². The van der Waals surface area contributed by atoms with Crippen LogP contribution in [-0.4, -0.2) is 29.9 Å². The molecule has 1 heterocycles. The third-order valence-corrected chi connectivity index (χ3v) is 4.28. The molecule has 1 aromatic rings. The number of rotatable bonds is 4. The van der Waals surface area contributed by atoms with Crippen molar-refractivity contribution in [2.24, 2.45) is 0 Å². The van der Waals surface area contributed by atoms with Crippen molar-refractivity contribution in [3.8, 4) is 6.07 Å². The molecule has 0 fully saturated rings. The highest BCUT2D eigenvalue weighted by molar-refractivity contribution is 7.16. The fourth-order valence-corrected chi connectivity index (χ4v) is 2.55. The maximum Gasteiger partial charge on any atom is 0.460 e. The number of aryl methyl sites for hydroxylation is 1. The maximum atomic E-state index is 13.4. The molecule has 140 valence electrons. The molecule has 1 aromatic heterocycles.